The van der Waals surface area contributed by atoms with Crippen molar-refractivity contribution in [3.05, 3.63) is 51.3 Å². The summed E-state index contributed by atoms with van der Waals surface area (Å²) >= 11 is 0. The SMILES string of the molecule is Cc1nn(C)c(=O)c(C(=O)N2CCC(c3ccco3)C2)c1C. The van der Waals surface area contributed by atoms with Crippen LogP contribution in [0, 0.1) is 13.8 Å². The fourth-order valence-corrected chi connectivity index (χ4v) is 2.96. The van der Waals surface area contributed by atoms with E-state index < -0.39 is 0 Å². The highest BCUT2D eigenvalue weighted by Crippen LogP contribution is 2.28. The molecule has 1 aliphatic rings. The molecule has 2 aromatic heterocycles. The number of hydrogen-bond acceptors (Lipinski definition) is 4. The summed E-state index contributed by atoms with van der Waals surface area (Å²) in [7, 11) is 1.57. The molecule has 0 bridgehead atoms. The summed E-state index contributed by atoms with van der Waals surface area (Å²) in [6.45, 7) is 4.79. The summed E-state index contributed by atoms with van der Waals surface area (Å²) in [6, 6.07) is 3.78. The van der Waals surface area contributed by atoms with E-state index in [1.54, 1.807) is 32.1 Å². The third-order valence-electron chi connectivity index (χ3n) is 4.36. The first-order valence-electron chi connectivity index (χ1n) is 7.36. The standard InChI is InChI=1S/C16H19N3O3/c1-10-11(2)17-18(3)15(20)14(10)16(21)19-7-6-12(9-19)13-5-4-8-22-13/h4-5,8,12H,6-7,9H2,1-3H3. The molecule has 2 aromatic rings. The number of hydrogen-bond donors (Lipinski definition) is 0. The highest BCUT2D eigenvalue weighted by Gasteiger charge is 2.31. The van der Waals surface area contributed by atoms with Crippen LogP contribution < -0.4 is 5.56 Å². The summed E-state index contributed by atoms with van der Waals surface area (Å²) in [5.41, 5.74) is 1.26. The van der Waals surface area contributed by atoms with Gasteiger partial charge in [-0.2, -0.15) is 5.10 Å². The Kier molecular flexibility index (Phi) is 3.60. The van der Waals surface area contributed by atoms with Crippen molar-refractivity contribution < 1.29 is 9.21 Å². The number of rotatable bonds is 2. The zero-order chi connectivity index (χ0) is 15.9. The Morgan fingerprint density at radius 3 is 2.86 bits per heavy atom. The first kappa shape index (κ1) is 14.6. The summed E-state index contributed by atoms with van der Waals surface area (Å²) < 4.78 is 6.65. The van der Waals surface area contributed by atoms with Gasteiger partial charge in [0.25, 0.3) is 11.5 Å². The largest absolute Gasteiger partial charge is 0.469 e. The predicted molar refractivity (Wildman–Crippen MR) is 80.9 cm³/mol. The number of aromatic nitrogens is 2. The zero-order valence-electron chi connectivity index (χ0n) is 13.0. The molecule has 3 heterocycles. The van der Waals surface area contributed by atoms with E-state index in [1.165, 1.54) is 4.68 Å². The predicted octanol–water partition coefficient (Wildman–Crippen LogP) is 1.62. The Bertz CT molecular complexity index is 762. The van der Waals surface area contributed by atoms with E-state index >= 15 is 0 Å². The molecule has 1 atom stereocenters. The van der Waals surface area contributed by atoms with Gasteiger partial charge in [0.05, 0.1) is 12.0 Å². The van der Waals surface area contributed by atoms with Gasteiger partial charge in [0.1, 0.15) is 11.3 Å². The molecular weight excluding hydrogens is 282 g/mol. The maximum atomic E-state index is 12.8. The second-order valence-electron chi connectivity index (χ2n) is 5.77. The summed E-state index contributed by atoms with van der Waals surface area (Å²) in [6.07, 6.45) is 2.49. The Morgan fingerprint density at radius 2 is 2.18 bits per heavy atom. The highest BCUT2D eigenvalue weighted by atomic mass is 16.3. The number of likely N-dealkylation sites (tertiary alicyclic amines) is 1. The van der Waals surface area contributed by atoms with E-state index in [0.717, 1.165) is 12.2 Å². The van der Waals surface area contributed by atoms with Gasteiger partial charge in [-0.25, -0.2) is 4.68 Å². The van der Waals surface area contributed by atoms with Crippen molar-refractivity contribution in [3.63, 3.8) is 0 Å². The van der Waals surface area contributed by atoms with E-state index in [0.29, 0.717) is 24.3 Å². The molecule has 22 heavy (non-hydrogen) atoms. The van der Waals surface area contributed by atoms with Crippen LogP contribution in [0.15, 0.2) is 27.6 Å². The molecule has 0 spiro atoms. The number of carbonyl (C=O) groups is 1. The van der Waals surface area contributed by atoms with Crippen LogP contribution in [0.5, 0.6) is 0 Å². The summed E-state index contributed by atoms with van der Waals surface area (Å²) in [5.74, 6) is 0.884. The molecule has 0 aromatic carbocycles. The van der Waals surface area contributed by atoms with Gasteiger partial charge >= 0.3 is 0 Å². The molecule has 3 rings (SSSR count). The average Bonchev–Trinajstić information content (AvgIpc) is 3.16. The van der Waals surface area contributed by atoms with E-state index in [2.05, 4.69) is 5.10 Å². The molecule has 1 aliphatic heterocycles. The molecule has 0 saturated carbocycles. The number of furan rings is 1. The lowest BCUT2D eigenvalue weighted by atomic mass is 10.1. The minimum Gasteiger partial charge on any atom is -0.469 e. The summed E-state index contributed by atoms with van der Waals surface area (Å²) in [5, 5.41) is 4.12. The smallest absolute Gasteiger partial charge is 0.279 e. The van der Waals surface area contributed by atoms with E-state index in [-0.39, 0.29) is 22.9 Å². The molecule has 1 amide bonds. The quantitative estimate of drug-likeness (QED) is 0.845. The molecule has 0 N–H and O–H groups in total. The normalized spacial score (nSPS) is 18.0. The van der Waals surface area contributed by atoms with Gasteiger partial charge in [0.2, 0.25) is 0 Å². The lowest BCUT2D eigenvalue weighted by Gasteiger charge is -2.18. The molecular formula is C16H19N3O3. The number of amides is 1. The Morgan fingerprint density at radius 1 is 1.41 bits per heavy atom. The fourth-order valence-electron chi connectivity index (χ4n) is 2.96. The van der Waals surface area contributed by atoms with Crippen molar-refractivity contribution in [1.29, 1.82) is 0 Å². The fraction of sp³-hybridized carbons (Fsp3) is 0.438. The van der Waals surface area contributed by atoms with Gasteiger partial charge in [0, 0.05) is 26.1 Å². The molecule has 0 radical (unpaired) electrons. The number of nitrogens with zero attached hydrogens (tertiary/aromatic N) is 3. The van der Waals surface area contributed by atoms with Crippen LogP contribution in [-0.2, 0) is 7.05 Å². The third-order valence-corrected chi connectivity index (χ3v) is 4.36. The molecule has 1 saturated heterocycles. The van der Waals surface area contributed by atoms with Crippen molar-refractivity contribution in [1.82, 2.24) is 14.7 Å². The molecule has 1 fully saturated rings. The second-order valence-corrected chi connectivity index (χ2v) is 5.77. The molecule has 0 aliphatic carbocycles. The minimum absolute atomic E-state index is 0.200. The Balaban J connectivity index is 1.89. The van der Waals surface area contributed by atoms with Gasteiger partial charge in [-0.3, -0.25) is 9.59 Å². The van der Waals surface area contributed by atoms with Crippen LogP contribution in [0.1, 0.15) is 39.7 Å². The first-order chi connectivity index (χ1) is 10.5. The van der Waals surface area contributed by atoms with Crippen LogP contribution in [0.2, 0.25) is 0 Å². The Labute approximate surface area is 128 Å². The van der Waals surface area contributed by atoms with Gasteiger partial charge in [-0.05, 0) is 38.0 Å². The third kappa shape index (κ3) is 2.34. The van der Waals surface area contributed by atoms with Gasteiger partial charge in [0.15, 0.2) is 0 Å². The number of aryl methyl sites for hydroxylation is 2. The van der Waals surface area contributed by atoms with Crippen LogP contribution in [0.3, 0.4) is 0 Å². The first-order valence-corrected chi connectivity index (χ1v) is 7.36. The van der Waals surface area contributed by atoms with Gasteiger partial charge in [-0.15, -0.1) is 0 Å². The maximum Gasteiger partial charge on any atom is 0.279 e. The lowest BCUT2D eigenvalue weighted by Crippen LogP contribution is -2.37. The van der Waals surface area contributed by atoms with E-state index in [9.17, 15) is 9.59 Å². The van der Waals surface area contributed by atoms with E-state index in [1.807, 2.05) is 12.1 Å². The second kappa shape index (κ2) is 5.44. The van der Waals surface area contributed by atoms with Crippen molar-refractivity contribution in [2.75, 3.05) is 13.1 Å². The topological polar surface area (TPSA) is 68.3 Å². The van der Waals surface area contributed by atoms with Crippen LogP contribution >= 0.6 is 0 Å². The summed E-state index contributed by atoms with van der Waals surface area (Å²) in [4.78, 5) is 26.8. The molecule has 116 valence electrons. The van der Waals surface area contributed by atoms with Crippen LogP contribution in [-0.4, -0.2) is 33.7 Å². The molecule has 6 heteroatoms. The number of carbonyl (C=O) groups excluding carboxylic acids is 1. The lowest BCUT2D eigenvalue weighted by molar-refractivity contribution is 0.0786. The van der Waals surface area contributed by atoms with Gasteiger partial charge < -0.3 is 9.32 Å². The van der Waals surface area contributed by atoms with Crippen molar-refractivity contribution in [2.24, 2.45) is 7.05 Å². The van der Waals surface area contributed by atoms with Crippen LogP contribution in [0.4, 0.5) is 0 Å². The Hall–Kier alpha value is -2.37. The van der Waals surface area contributed by atoms with E-state index in [4.69, 9.17) is 4.42 Å². The van der Waals surface area contributed by atoms with Crippen molar-refractivity contribution in [3.8, 4) is 0 Å². The maximum absolute atomic E-state index is 12.8. The average molecular weight is 301 g/mol. The molecule has 6 nitrogen and oxygen atoms in total. The van der Waals surface area contributed by atoms with Crippen molar-refractivity contribution >= 4 is 5.91 Å². The van der Waals surface area contributed by atoms with Crippen molar-refractivity contribution in [2.45, 2.75) is 26.2 Å². The van der Waals surface area contributed by atoms with Crippen LogP contribution in [0.25, 0.3) is 0 Å². The molecule has 1 unspecified atom stereocenters. The highest BCUT2D eigenvalue weighted by molar-refractivity contribution is 5.95. The zero-order valence-corrected chi connectivity index (χ0v) is 13.0. The monoisotopic (exact) mass is 301 g/mol. The minimum atomic E-state index is -0.338. The van der Waals surface area contributed by atoms with Gasteiger partial charge in [-0.1, -0.05) is 0 Å².